The fourth-order valence-corrected chi connectivity index (χ4v) is 2.83. The molecule has 0 spiro atoms. The Morgan fingerprint density at radius 2 is 2.08 bits per heavy atom. The fourth-order valence-electron chi connectivity index (χ4n) is 0.746. The van der Waals surface area contributed by atoms with E-state index in [1.54, 1.807) is 45.2 Å². The molecular formula is C7H2F2I2N2. The molecule has 1 rings (SSSR count). The van der Waals surface area contributed by atoms with Crippen molar-refractivity contribution >= 4 is 45.2 Å². The highest BCUT2D eigenvalue weighted by Crippen LogP contribution is 2.28. The first kappa shape index (κ1) is 11.0. The molecule has 0 aliphatic rings. The first-order valence-electron chi connectivity index (χ1n) is 3.10. The topological polar surface area (TPSA) is 36.7 Å². The Kier molecular flexibility index (Phi) is 3.78. The van der Waals surface area contributed by atoms with E-state index in [0.717, 1.165) is 0 Å². The molecule has 6 heteroatoms. The van der Waals surface area contributed by atoms with Crippen LogP contribution in [0.4, 0.5) is 8.78 Å². The molecule has 0 fully saturated rings. The van der Waals surface area contributed by atoms with E-state index in [4.69, 9.17) is 5.26 Å². The van der Waals surface area contributed by atoms with E-state index in [1.807, 2.05) is 6.07 Å². The van der Waals surface area contributed by atoms with Gasteiger partial charge in [0.25, 0.3) is 6.43 Å². The van der Waals surface area contributed by atoms with Crippen molar-refractivity contribution in [1.29, 1.82) is 5.26 Å². The molecule has 0 saturated heterocycles. The van der Waals surface area contributed by atoms with E-state index < -0.39 is 6.43 Å². The highest BCUT2D eigenvalue weighted by atomic mass is 127. The molecule has 0 aliphatic heterocycles. The lowest BCUT2D eigenvalue weighted by Crippen LogP contribution is -1.99. The smallest absolute Gasteiger partial charge is 0.231 e. The van der Waals surface area contributed by atoms with Crippen LogP contribution in [-0.2, 0) is 0 Å². The van der Waals surface area contributed by atoms with Gasteiger partial charge in [0.15, 0.2) is 0 Å². The van der Waals surface area contributed by atoms with Crippen molar-refractivity contribution < 1.29 is 8.78 Å². The van der Waals surface area contributed by atoms with Crippen LogP contribution >= 0.6 is 45.2 Å². The number of rotatable bonds is 1. The van der Waals surface area contributed by atoms with Crippen molar-refractivity contribution in [2.75, 3.05) is 0 Å². The van der Waals surface area contributed by atoms with Crippen molar-refractivity contribution in [3.63, 3.8) is 0 Å². The van der Waals surface area contributed by atoms with Gasteiger partial charge in [-0.25, -0.2) is 13.8 Å². The second kappa shape index (κ2) is 4.45. The van der Waals surface area contributed by atoms with E-state index >= 15 is 0 Å². The Morgan fingerprint density at radius 3 is 2.46 bits per heavy atom. The highest BCUT2D eigenvalue weighted by molar-refractivity contribution is 14.1. The van der Waals surface area contributed by atoms with Gasteiger partial charge in [0.05, 0.1) is 5.56 Å². The average Bonchev–Trinajstić information content (AvgIpc) is 2.02. The number of halogens is 4. The minimum absolute atomic E-state index is 0.0970. The normalized spacial score (nSPS) is 10.2. The van der Waals surface area contributed by atoms with Gasteiger partial charge in [-0.3, -0.25) is 0 Å². The van der Waals surface area contributed by atoms with Crippen molar-refractivity contribution in [3.05, 3.63) is 24.6 Å². The number of hydrogen-bond acceptors (Lipinski definition) is 2. The summed E-state index contributed by atoms with van der Waals surface area (Å²) >= 11 is 3.48. The third-order valence-electron chi connectivity index (χ3n) is 1.29. The molecule has 2 nitrogen and oxygen atoms in total. The molecule has 0 bridgehead atoms. The lowest BCUT2D eigenvalue weighted by atomic mass is 10.2. The molecule has 0 saturated carbocycles. The molecule has 13 heavy (non-hydrogen) atoms. The quantitative estimate of drug-likeness (QED) is 0.531. The van der Waals surface area contributed by atoms with E-state index in [2.05, 4.69) is 4.98 Å². The number of pyridine rings is 1. The summed E-state index contributed by atoms with van der Waals surface area (Å²) in [5, 5.41) is 8.51. The van der Waals surface area contributed by atoms with Gasteiger partial charge in [0, 0.05) is 3.57 Å². The molecule has 0 amide bonds. The molecule has 68 valence electrons. The van der Waals surface area contributed by atoms with Gasteiger partial charge in [-0.05, 0) is 51.2 Å². The molecule has 0 aromatic carbocycles. The number of nitriles is 1. The minimum atomic E-state index is -2.54. The van der Waals surface area contributed by atoms with Crippen LogP contribution in [0.2, 0.25) is 0 Å². The molecule has 0 aliphatic carbocycles. The monoisotopic (exact) mass is 406 g/mol. The zero-order chi connectivity index (χ0) is 10.0. The Hall–Kier alpha value is -0.0400. The summed E-state index contributed by atoms with van der Waals surface area (Å²) in [6.45, 7) is 0. The van der Waals surface area contributed by atoms with Crippen LogP contribution in [-0.4, -0.2) is 4.98 Å². The first-order valence-corrected chi connectivity index (χ1v) is 5.26. The lowest BCUT2D eigenvalue weighted by molar-refractivity contribution is 0.149. The van der Waals surface area contributed by atoms with Crippen molar-refractivity contribution in [2.45, 2.75) is 6.43 Å². The van der Waals surface area contributed by atoms with E-state index in [-0.39, 0.29) is 15.0 Å². The summed E-state index contributed by atoms with van der Waals surface area (Å²) < 4.78 is 25.4. The Balaban J connectivity index is 3.33. The molecule has 0 radical (unpaired) electrons. The number of nitrogens with zero attached hydrogens (tertiary/aromatic N) is 2. The fraction of sp³-hybridized carbons (Fsp3) is 0.143. The molecule has 1 aromatic heterocycles. The largest absolute Gasteiger partial charge is 0.267 e. The number of hydrogen-bond donors (Lipinski definition) is 0. The van der Waals surface area contributed by atoms with Gasteiger partial charge in [0.2, 0.25) is 0 Å². The third-order valence-corrected chi connectivity index (χ3v) is 3.01. The van der Waals surface area contributed by atoms with E-state index in [0.29, 0.717) is 3.57 Å². The van der Waals surface area contributed by atoms with E-state index in [1.165, 1.54) is 6.07 Å². The summed E-state index contributed by atoms with van der Waals surface area (Å²) in [5.41, 5.74) is 0.0680. The molecule has 0 N–H and O–H groups in total. The van der Waals surface area contributed by atoms with Gasteiger partial charge in [-0.2, -0.15) is 5.26 Å². The lowest BCUT2D eigenvalue weighted by Gasteiger charge is -2.05. The van der Waals surface area contributed by atoms with E-state index in [9.17, 15) is 8.78 Å². The van der Waals surface area contributed by atoms with Crippen molar-refractivity contribution in [1.82, 2.24) is 4.98 Å². The summed E-state index contributed by atoms with van der Waals surface area (Å²) in [6, 6.07) is 3.16. The SMILES string of the molecule is N#Cc1cc(I)c(C(F)F)c(I)n1. The van der Waals surface area contributed by atoms with Gasteiger partial charge in [-0.15, -0.1) is 0 Å². The van der Waals surface area contributed by atoms with Gasteiger partial charge < -0.3 is 0 Å². The zero-order valence-corrected chi connectivity index (χ0v) is 10.4. The Labute approximate surface area is 101 Å². The predicted molar refractivity (Wildman–Crippen MR) is 59.3 cm³/mol. The third kappa shape index (κ3) is 2.46. The van der Waals surface area contributed by atoms with Crippen LogP contribution in [0.15, 0.2) is 6.07 Å². The summed E-state index contributed by atoms with van der Waals surface area (Å²) in [6.07, 6.45) is -2.54. The molecule has 1 aromatic rings. The predicted octanol–water partition coefficient (Wildman–Crippen LogP) is 3.10. The second-order valence-electron chi connectivity index (χ2n) is 2.11. The maximum Gasteiger partial charge on any atom is 0.267 e. The van der Waals surface area contributed by atoms with Crippen LogP contribution in [0.3, 0.4) is 0 Å². The number of aromatic nitrogens is 1. The molecule has 1 heterocycles. The van der Waals surface area contributed by atoms with Crippen molar-refractivity contribution in [3.8, 4) is 6.07 Å². The van der Waals surface area contributed by atoms with Crippen molar-refractivity contribution in [2.24, 2.45) is 0 Å². The van der Waals surface area contributed by atoms with Gasteiger partial charge in [0.1, 0.15) is 15.5 Å². The van der Waals surface area contributed by atoms with Crippen LogP contribution in [0, 0.1) is 18.6 Å². The maximum absolute atomic E-state index is 12.4. The van der Waals surface area contributed by atoms with Gasteiger partial charge in [-0.1, -0.05) is 0 Å². The first-order chi connectivity index (χ1) is 6.06. The Bertz CT molecular complexity index is 350. The minimum Gasteiger partial charge on any atom is -0.231 e. The van der Waals surface area contributed by atoms with Gasteiger partial charge >= 0.3 is 0 Å². The van der Waals surface area contributed by atoms with Crippen LogP contribution in [0.25, 0.3) is 0 Å². The van der Waals surface area contributed by atoms with Crippen LogP contribution in [0.5, 0.6) is 0 Å². The standard InChI is InChI=1S/C7H2F2I2N2/c8-6(9)5-4(10)1-3(2-12)13-7(5)11/h1,6H. The summed E-state index contributed by atoms with van der Waals surface area (Å²) in [7, 11) is 0. The average molecular weight is 406 g/mol. The maximum atomic E-state index is 12.4. The molecule has 0 atom stereocenters. The Morgan fingerprint density at radius 1 is 1.46 bits per heavy atom. The molecule has 0 unspecified atom stereocenters. The zero-order valence-electron chi connectivity index (χ0n) is 6.06. The second-order valence-corrected chi connectivity index (χ2v) is 4.29. The number of alkyl halides is 2. The van der Waals surface area contributed by atoms with Crippen LogP contribution < -0.4 is 0 Å². The molecular weight excluding hydrogens is 404 g/mol. The summed E-state index contributed by atoms with van der Waals surface area (Å²) in [5.74, 6) is 0. The summed E-state index contributed by atoms with van der Waals surface area (Å²) in [4.78, 5) is 3.71. The highest BCUT2D eigenvalue weighted by Gasteiger charge is 2.17. The van der Waals surface area contributed by atoms with Crippen LogP contribution in [0.1, 0.15) is 17.7 Å².